The number of rotatable bonds is 4. The van der Waals surface area contributed by atoms with Crippen LogP contribution in [0.4, 0.5) is 10.5 Å². The molecule has 1 heterocycles. The van der Waals surface area contributed by atoms with Crippen LogP contribution in [-0.2, 0) is 4.79 Å². The molecule has 8 nitrogen and oxygen atoms in total. The zero-order valence-corrected chi connectivity index (χ0v) is 15.5. The van der Waals surface area contributed by atoms with Crippen molar-refractivity contribution in [2.75, 3.05) is 39.6 Å². The van der Waals surface area contributed by atoms with Crippen LogP contribution in [0.3, 0.4) is 0 Å². The standard InChI is InChI=1S/C18H25N3O5/c1-11-7-13(17(23)24)10-21(9-11)18(25)19-14-6-5-12(8-15(14)26-4)16(22)20(2)3/h5-6,8,11,13H,7,9-10H2,1-4H3,(H,19,25)(H,23,24). The van der Waals surface area contributed by atoms with E-state index in [1.165, 1.54) is 16.9 Å². The predicted octanol–water partition coefficient (Wildman–Crippen LogP) is 1.97. The molecule has 26 heavy (non-hydrogen) atoms. The van der Waals surface area contributed by atoms with Crippen LogP contribution in [-0.4, -0.2) is 67.1 Å². The van der Waals surface area contributed by atoms with Crippen molar-refractivity contribution in [1.29, 1.82) is 0 Å². The normalized spacial score (nSPS) is 19.6. The van der Waals surface area contributed by atoms with Crippen LogP contribution in [0.2, 0.25) is 0 Å². The molecular weight excluding hydrogens is 338 g/mol. The summed E-state index contributed by atoms with van der Waals surface area (Å²) in [6.07, 6.45) is 0.559. The summed E-state index contributed by atoms with van der Waals surface area (Å²) in [4.78, 5) is 38.8. The summed E-state index contributed by atoms with van der Waals surface area (Å²) in [5.41, 5.74) is 0.875. The van der Waals surface area contributed by atoms with E-state index in [0.717, 1.165) is 0 Å². The maximum Gasteiger partial charge on any atom is 0.321 e. The largest absolute Gasteiger partial charge is 0.495 e. The first kappa shape index (κ1) is 19.6. The lowest BCUT2D eigenvalue weighted by atomic mass is 9.91. The molecule has 0 spiro atoms. The zero-order valence-electron chi connectivity index (χ0n) is 15.5. The monoisotopic (exact) mass is 363 g/mol. The SMILES string of the molecule is COc1cc(C(=O)N(C)C)ccc1NC(=O)N1CC(C)CC(C(=O)O)C1. The molecule has 0 radical (unpaired) electrons. The minimum atomic E-state index is -0.890. The molecule has 0 bridgehead atoms. The molecule has 1 aliphatic heterocycles. The highest BCUT2D eigenvalue weighted by Gasteiger charge is 2.32. The van der Waals surface area contributed by atoms with Crippen molar-refractivity contribution in [3.05, 3.63) is 23.8 Å². The summed E-state index contributed by atoms with van der Waals surface area (Å²) < 4.78 is 5.29. The number of methoxy groups -OCH3 is 1. The van der Waals surface area contributed by atoms with E-state index < -0.39 is 11.9 Å². The van der Waals surface area contributed by atoms with Gasteiger partial charge in [0.05, 0.1) is 18.7 Å². The van der Waals surface area contributed by atoms with Crippen molar-refractivity contribution in [3.8, 4) is 5.75 Å². The van der Waals surface area contributed by atoms with Gasteiger partial charge in [-0.2, -0.15) is 0 Å². The van der Waals surface area contributed by atoms with Crippen LogP contribution < -0.4 is 10.1 Å². The Morgan fingerprint density at radius 1 is 1.27 bits per heavy atom. The van der Waals surface area contributed by atoms with E-state index in [1.807, 2.05) is 6.92 Å². The molecule has 0 aliphatic carbocycles. The minimum Gasteiger partial charge on any atom is -0.495 e. The maximum absolute atomic E-state index is 12.6. The first-order chi connectivity index (χ1) is 12.2. The number of piperidine rings is 1. The Morgan fingerprint density at radius 3 is 2.54 bits per heavy atom. The molecule has 1 saturated heterocycles. The van der Waals surface area contributed by atoms with Gasteiger partial charge in [-0.3, -0.25) is 9.59 Å². The molecular formula is C18H25N3O5. The van der Waals surface area contributed by atoms with E-state index in [0.29, 0.717) is 30.0 Å². The number of urea groups is 1. The highest BCUT2D eigenvalue weighted by molar-refractivity contribution is 5.97. The van der Waals surface area contributed by atoms with E-state index in [1.54, 1.807) is 32.3 Å². The topological polar surface area (TPSA) is 99.2 Å². The van der Waals surface area contributed by atoms with E-state index in [2.05, 4.69) is 5.32 Å². The number of nitrogens with one attached hydrogen (secondary N) is 1. The predicted molar refractivity (Wildman–Crippen MR) is 96.5 cm³/mol. The summed E-state index contributed by atoms with van der Waals surface area (Å²) in [6.45, 7) is 2.60. The maximum atomic E-state index is 12.6. The van der Waals surface area contributed by atoms with Gasteiger partial charge in [0.1, 0.15) is 5.75 Å². The zero-order chi connectivity index (χ0) is 19.4. The van der Waals surface area contributed by atoms with Crippen LogP contribution in [0.5, 0.6) is 5.75 Å². The number of carbonyl (C=O) groups excluding carboxylic acids is 2. The lowest BCUT2D eigenvalue weighted by Gasteiger charge is -2.34. The molecule has 2 atom stereocenters. The Hall–Kier alpha value is -2.77. The summed E-state index contributed by atoms with van der Waals surface area (Å²) in [5.74, 6) is -1.15. The van der Waals surface area contributed by atoms with E-state index in [4.69, 9.17) is 4.74 Å². The smallest absolute Gasteiger partial charge is 0.321 e. The second-order valence-electron chi connectivity index (χ2n) is 6.83. The van der Waals surface area contributed by atoms with E-state index >= 15 is 0 Å². The number of benzene rings is 1. The van der Waals surface area contributed by atoms with E-state index in [9.17, 15) is 19.5 Å². The number of carboxylic acids is 1. The average molecular weight is 363 g/mol. The highest BCUT2D eigenvalue weighted by atomic mass is 16.5. The number of hydrogen-bond donors (Lipinski definition) is 2. The van der Waals surface area contributed by atoms with Crippen LogP contribution in [0.25, 0.3) is 0 Å². The van der Waals surface area contributed by atoms with E-state index in [-0.39, 0.29) is 24.4 Å². The fourth-order valence-corrected chi connectivity index (χ4v) is 3.08. The van der Waals surface area contributed by atoms with Crippen LogP contribution in [0.15, 0.2) is 18.2 Å². The molecule has 0 saturated carbocycles. The first-order valence-electron chi connectivity index (χ1n) is 8.41. The van der Waals surface area contributed by atoms with Crippen molar-refractivity contribution >= 4 is 23.6 Å². The number of hydrogen-bond acceptors (Lipinski definition) is 4. The minimum absolute atomic E-state index is 0.109. The number of ether oxygens (including phenoxy) is 1. The number of anilines is 1. The lowest BCUT2D eigenvalue weighted by molar-refractivity contribution is -0.143. The number of carbonyl (C=O) groups is 3. The lowest BCUT2D eigenvalue weighted by Crippen LogP contribution is -2.47. The number of likely N-dealkylation sites (tertiary alicyclic amines) is 1. The number of aliphatic carboxylic acids is 1. The van der Waals surface area contributed by atoms with Gasteiger partial charge >= 0.3 is 12.0 Å². The molecule has 142 valence electrons. The Morgan fingerprint density at radius 2 is 1.96 bits per heavy atom. The van der Waals surface area contributed by atoms with Crippen molar-refractivity contribution < 1.29 is 24.2 Å². The molecule has 2 rings (SSSR count). The average Bonchev–Trinajstić information content (AvgIpc) is 2.60. The van der Waals surface area contributed by atoms with Crippen LogP contribution in [0, 0.1) is 11.8 Å². The molecule has 1 aromatic carbocycles. The molecule has 1 aromatic rings. The van der Waals surface area contributed by atoms with Crippen molar-refractivity contribution in [2.45, 2.75) is 13.3 Å². The molecule has 0 aromatic heterocycles. The quantitative estimate of drug-likeness (QED) is 0.852. The van der Waals surface area contributed by atoms with Gasteiger partial charge in [0.15, 0.2) is 0 Å². The van der Waals surface area contributed by atoms with Gasteiger partial charge in [-0.1, -0.05) is 6.92 Å². The van der Waals surface area contributed by atoms with Crippen molar-refractivity contribution in [2.24, 2.45) is 11.8 Å². The van der Waals surface area contributed by atoms with Gasteiger partial charge in [-0.05, 0) is 30.5 Å². The van der Waals surface area contributed by atoms with Gasteiger partial charge in [0, 0.05) is 32.7 Å². The fourth-order valence-electron chi connectivity index (χ4n) is 3.08. The summed E-state index contributed by atoms with van der Waals surface area (Å²) in [6, 6.07) is 4.40. The van der Waals surface area contributed by atoms with Crippen LogP contribution in [0.1, 0.15) is 23.7 Å². The number of amides is 3. The second-order valence-corrected chi connectivity index (χ2v) is 6.83. The Kier molecular flexibility index (Phi) is 6.07. The number of nitrogens with zero attached hydrogens (tertiary/aromatic N) is 2. The van der Waals surface area contributed by atoms with Gasteiger partial charge in [0.2, 0.25) is 0 Å². The third kappa shape index (κ3) is 4.44. The first-order valence-corrected chi connectivity index (χ1v) is 8.41. The molecule has 2 unspecified atom stereocenters. The van der Waals surface area contributed by atoms with Gasteiger partial charge in [0.25, 0.3) is 5.91 Å². The highest BCUT2D eigenvalue weighted by Crippen LogP contribution is 2.28. The molecule has 8 heteroatoms. The van der Waals surface area contributed by atoms with Crippen LogP contribution >= 0.6 is 0 Å². The summed E-state index contributed by atoms with van der Waals surface area (Å²) >= 11 is 0. The molecule has 1 fully saturated rings. The Bertz CT molecular complexity index is 704. The van der Waals surface area contributed by atoms with Gasteiger partial charge in [-0.25, -0.2) is 4.79 Å². The second kappa shape index (κ2) is 8.07. The fraction of sp³-hybridized carbons (Fsp3) is 0.500. The van der Waals surface area contributed by atoms with Gasteiger partial charge < -0.3 is 25.0 Å². The third-order valence-electron chi connectivity index (χ3n) is 4.39. The molecule has 2 N–H and O–H groups in total. The van der Waals surface area contributed by atoms with Gasteiger partial charge in [-0.15, -0.1) is 0 Å². The number of carboxylic acid groups (broad SMARTS) is 1. The Balaban J connectivity index is 2.15. The summed E-state index contributed by atoms with van der Waals surface area (Å²) in [7, 11) is 4.76. The molecule has 3 amide bonds. The van der Waals surface area contributed by atoms with Crippen molar-refractivity contribution in [1.82, 2.24) is 9.80 Å². The Labute approximate surface area is 152 Å². The third-order valence-corrected chi connectivity index (χ3v) is 4.39. The van der Waals surface area contributed by atoms with Crippen molar-refractivity contribution in [3.63, 3.8) is 0 Å². The summed E-state index contributed by atoms with van der Waals surface area (Å²) in [5, 5.41) is 12.0. The molecule has 1 aliphatic rings.